The van der Waals surface area contributed by atoms with Crippen molar-refractivity contribution in [2.75, 3.05) is 6.61 Å². The summed E-state index contributed by atoms with van der Waals surface area (Å²) >= 11 is 0. The predicted molar refractivity (Wildman–Crippen MR) is 30.3 cm³/mol. The van der Waals surface area contributed by atoms with Crippen LogP contribution < -0.4 is 11.4 Å². The van der Waals surface area contributed by atoms with Crippen LogP contribution in [0, 0.1) is 0 Å². The monoisotopic (exact) mass is 108 g/mol. The first-order valence-electron chi connectivity index (χ1n) is 1.49. The average Bonchev–Trinajstić information content (AvgIpc) is 1.41. The Morgan fingerprint density at radius 3 is 2.33 bits per heavy atom. The van der Waals surface area contributed by atoms with E-state index in [1.54, 1.807) is 0 Å². The van der Waals surface area contributed by atoms with Crippen LogP contribution in [0.2, 0.25) is 0 Å². The summed E-state index contributed by atoms with van der Waals surface area (Å²) in [5, 5.41) is 0. The van der Waals surface area contributed by atoms with Crippen LogP contribution >= 0.6 is 0 Å². The van der Waals surface area contributed by atoms with Crippen LogP contribution in [0.5, 0.6) is 0 Å². The minimum absolute atomic E-state index is 0. The SMILES string of the molecule is CCONN.[SiH4]. The first-order valence-corrected chi connectivity index (χ1v) is 1.49. The van der Waals surface area contributed by atoms with Crippen molar-refractivity contribution < 1.29 is 4.84 Å². The molecule has 0 radical (unpaired) electrons. The molecule has 0 saturated heterocycles. The molecule has 3 N–H and O–H groups in total. The van der Waals surface area contributed by atoms with Crippen LogP contribution in [0.4, 0.5) is 0 Å². The summed E-state index contributed by atoms with van der Waals surface area (Å²) in [4.78, 5) is 4.36. The Morgan fingerprint density at radius 2 is 2.33 bits per heavy atom. The Kier molecular flexibility index (Phi) is 14.0. The highest BCUT2D eigenvalue weighted by molar-refractivity contribution is 5.75. The van der Waals surface area contributed by atoms with Crippen molar-refractivity contribution >= 4 is 11.0 Å². The van der Waals surface area contributed by atoms with Gasteiger partial charge in [-0.05, 0) is 17.9 Å². The van der Waals surface area contributed by atoms with Gasteiger partial charge in [0.25, 0.3) is 0 Å². The highest BCUT2D eigenvalue weighted by Crippen LogP contribution is 1.51. The summed E-state index contributed by atoms with van der Waals surface area (Å²) in [6, 6.07) is 0. The first-order chi connectivity index (χ1) is 2.41. The maximum Gasteiger partial charge on any atom is 0.0670 e. The second kappa shape index (κ2) is 8.92. The predicted octanol–water partition coefficient (Wildman–Crippen LogP) is -2.05. The van der Waals surface area contributed by atoms with E-state index in [0.29, 0.717) is 6.61 Å². The van der Waals surface area contributed by atoms with Gasteiger partial charge in [-0.3, -0.25) is 4.84 Å². The molecule has 4 heteroatoms. The van der Waals surface area contributed by atoms with E-state index in [1.165, 1.54) is 0 Å². The van der Waals surface area contributed by atoms with E-state index in [9.17, 15) is 0 Å². The summed E-state index contributed by atoms with van der Waals surface area (Å²) < 4.78 is 0. The van der Waals surface area contributed by atoms with Gasteiger partial charge in [-0.15, -0.1) is 5.59 Å². The molecule has 0 spiro atoms. The second-order valence-corrected chi connectivity index (χ2v) is 0.551. The summed E-state index contributed by atoms with van der Waals surface area (Å²) in [7, 11) is 0. The number of hydrogen-bond donors (Lipinski definition) is 2. The molecule has 0 aromatic rings. The number of nitrogens with one attached hydrogen (secondary N) is 1. The normalized spacial score (nSPS) is 7.00. The molecular formula is C2H12N2OSi. The lowest BCUT2D eigenvalue weighted by Crippen LogP contribution is -2.21. The van der Waals surface area contributed by atoms with E-state index in [0.717, 1.165) is 0 Å². The molecule has 0 aliphatic heterocycles. The van der Waals surface area contributed by atoms with E-state index in [-0.39, 0.29) is 11.0 Å². The Balaban J connectivity index is 0. The van der Waals surface area contributed by atoms with Gasteiger partial charge in [0.15, 0.2) is 0 Å². The van der Waals surface area contributed by atoms with Crippen LogP contribution in [-0.4, -0.2) is 17.6 Å². The quantitative estimate of drug-likeness (QED) is 0.243. The molecule has 0 aliphatic carbocycles. The molecule has 0 rings (SSSR count). The number of hydrogen-bond acceptors (Lipinski definition) is 3. The molecule has 0 heterocycles. The van der Waals surface area contributed by atoms with Gasteiger partial charge >= 0.3 is 0 Å². The van der Waals surface area contributed by atoms with Crippen molar-refractivity contribution in [1.82, 2.24) is 5.59 Å². The minimum Gasteiger partial charge on any atom is -0.288 e. The molecule has 0 aromatic heterocycles. The lowest BCUT2D eigenvalue weighted by atomic mass is 10.9. The third kappa shape index (κ3) is 8.94. The van der Waals surface area contributed by atoms with Gasteiger partial charge in [0.2, 0.25) is 0 Å². The highest BCUT2D eigenvalue weighted by Gasteiger charge is 1.61. The standard InChI is InChI=1S/C2H8N2O.H4Si/c1-2-5-4-3;/h4H,2-3H2,1H3;1H4. The van der Waals surface area contributed by atoms with Gasteiger partial charge in [0.05, 0.1) is 6.61 Å². The average molecular weight is 108 g/mol. The zero-order valence-corrected chi connectivity index (χ0v) is 3.19. The van der Waals surface area contributed by atoms with Gasteiger partial charge in [0, 0.05) is 0 Å². The van der Waals surface area contributed by atoms with Crippen molar-refractivity contribution in [3.63, 3.8) is 0 Å². The topological polar surface area (TPSA) is 47.3 Å². The summed E-state index contributed by atoms with van der Waals surface area (Å²) in [5.74, 6) is 4.67. The van der Waals surface area contributed by atoms with Gasteiger partial charge in [-0.2, -0.15) is 0 Å². The maximum absolute atomic E-state index is 4.67. The second-order valence-electron chi connectivity index (χ2n) is 0.551. The highest BCUT2D eigenvalue weighted by atomic mass is 28.1. The number of rotatable bonds is 2. The zero-order valence-electron chi connectivity index (χ0n) is 3.19. The zero-order chi connectivity index (χ0) is 4.12. The Hall–Kier alpha value is 0.0969. The smallest absolute Gasteiger partial charge is 0.0670 e. The van der Waals surface area contributed by atoms with Crippen LogP contribution in [0.1, 0.15) is 6.92 Å². The van der Waals surface area contributed by atoms with Crippen molar-refractivity contribution in [3.05, 3.63) is 0 Å². The van der Waals surface area contributed by atoms with Crippen LogP contribution in [-0.2, 0) is 4.84 Å². The van der Waals surface area contributed by atoms with Crippen molar-refractivity contribution in [3.8, 4) is 0 Å². The lowest BCUT2D eigenvalue weighted by Gasteiger charge is -1.88. The van der Waals surface area contributed by atoms with Crippen molar-refractivity contribution in [2.45, 2.75) is 6.92 Å². The van der Waals surface area contributed by atoms with E-state index in [1.807, 2.05) is 12.5 Å². The molecule has 0 unspecified atom stereocenters. The molecule has 0 atom stereocenters. The molecule has 40 valence electrons. The molecule has 3 nitrogen and oxygen atoms in total. The van der Waals surface area contributed by atoms with E-state index in [2.05, 4.69) is 10.7 Å². The summed E-state index contributed by atoms with van der Waals surface area (Å²) in [5.41, 5.74) is 2.02. The molecule has 6 heavy (non-hydrogen) atoms. The molecule has 0 amide bonds. The van der Waals surface area contributed by atoms with Crippen LogP contribution in [0.3, 0.4) is 0 Å². The van der Waals surface area contributed by atoms with Gasteiger partial charge < -0.3 is 0 Å². The lowest BCUT2D eigenvalue weighted by molar-refractivity contribution is 0.0512. The molecule has 0 aliphatic rings. The fourth-order valence-electron chi connectivity index (χ4n) is 0.0833. The minimum atomic E-state index is 0. The number of hydrazine groups is 1. The van der Waals surface area contributed by atoms with Crippen LogP contribution in [0.25, 0.3) is 0 Å². The number of nitrogens with two attached hydrogens (primary N) is 1. The Morgan fingerprint density at radius 1 is 1.83 bits per heavy atom. The van der Waals surface area contributed by atoms with E-state index < -0.39 is 0 Å². The van der Waals surface area contributed by atoms with Gasteiger partial charge in [-0.1, -0.05) is 0 Å². The third-order valence-electron chi connectivity index (χ3n) is 0.228. The van der Waals surface area contributed by atoms with Crippen molar-refractivity contribution in [1.29, 1.82) is 0 Å². The molecular weight excluding hydrogens is 96.1 g/mol. The van der Waals surface area contributed by atoms with Crippen molar-refractivity contribution in [2.24, 2.45) is 5.84 Å². The summed E-state index contributed by atoms with van der Waals surface area (Å²) in [6.45, 7) is 2.45. The van der Waals surface area contributed by atoms with E-state index >= 15 is 0 Å². The van der Waals surface area contributed by atoms with Gasteiger partial charge in [-0.25, -0.2) is 5.84 Å². The first kappa shape index (κ1) is 9.44. The van der Waals surface area contributed by atoms with Crippen LogP contribution in [0.15, 0.2) is 0 Å². The third-order valence-corrected chi connectivity index (χ3v) is 0.228. The molecule has 0 saturated carbocycles. The summed E-state index contributed by atoms with van der Waals surface area (Å²) in [6.07, 6.45) is 0. The Bertz CT molecular complexity index is 19.0. The van der Waals surface area contributed by atoms with E-state index in [4.69, 9.17) is 0 Å². The fraction of sp³-hybridized carbons (Fsp3) is 1.00. The molecule has 0 fully saturated rings. The molecule has 0 aromatic carbocycles. The van der Waals surface area contributed by atoms with Gasteiger partial charge in [0.1, 0.15) is 0 Å². The fourth-order valence-corrected chi connectivity index (χ4v) is 0.0833. The molecule has 0 bridgehead atoms. The largest absolute Gasteiger partial charge is 0.288 e. The maximum atomic E-state index is 4.67. The Labute approximate surface area is 41.8 Å².